The molecule has 0 saturated carbocycles. The summed E-state index contributed by atoms with van der Waals surface area (Å²) < 4.78 is 18.2. The number of thioether (sulfide) groups is 1. The van der Waals surface area contributed by atoms with Gasteiger partial charge in [0.25, 0.3) is 0 Å². The van der Waals surface area contributed by atoms with Gasteiger partial charge in [-0.3, -0.25) is 4.79 Å². The molecule has 0 bridgehead atoms. The van der Waals surface area contributed by atoms with Crippen molar-refractivity contribution in [3.63, 3.8) is 0 Å². The van der Waals surface area contributed by atoms with E-state index in [0.29, 0.717) is 33.2 Å². The van der Waals surface area contributed by atoms with Crippen molar-refractivity contribution in [1.29, 1.82) is 0 Å². The highest BCUT2D eigenvalue weighted by molar-refractivity contribution is 7.99. The molecule has 10 heteroatoms. The minimum atomic E-state index is -0.228. The second-order valence-electron chi connectivity index (χ2n) is 7.04. The lowest BCUT2D eigenvalue weighted by Crippen LogP contribution is -2.15. The quantitative estimate of drug-likeness (QED) is 0.457. The van der Waals surface area contributed by atoms with Gasteiger partial charge in [0, 0.05) is 19.2 Å². The lowest BCUT2D eigenvalue weighted by atomic mass is 10.1. The standard InChI is InChI=1S/C22H25ClN4O4S/c1-13-6-7-17(14(2)8-13)31-11-20-25-26-22(27(20)3)32-12-21(28)24-16-10-18(29-4)15(23)9-19(16)30-5/h6-10H,11-12H2,1-5H3,(H,24,28). The first-order chi connectivity index (χ1) is 15.3. The summed E-state index contributed by atoms with van der Waals surface area (Å²) in [4.78, 5) is 12.5. The van der Waals surface area contributed by atoms with Gasteiger partial charge >= 0.3 is 0 Å². The Morgan fingerprint density at radius 3 is 2.53 bits per heavy atom. The maximum atomic E-state index is 12.5. The van der Waals surface area contributed by atoms with Crippen LogP contribution in [0, 0.1) is 13.8 Å². The fraction of sp³-hybridized carbons (Fsp3) is 0.318. The summed E-state index contributed by atoms with van der Waals surface area (Å²) in [6.45, 7) is 4.32. The Labute approximate surface area is 196 Å². The Hall–Kier alpha value is -2.91. The Morgan fingerprint density at radius 2 is 1.84 bits per heavy atom. The van der Waals surface area contributed by atoms with E-state index in [1.807, 2.05) is 37.6 Å². The highest BCUT2D eigenvalue weighted by Gasteiger charge is 2.15. The molecule has 0 fully saturated rings. The summed E-state index contributed by atoms with van der Waals surface area (Å²) >= 11 is 7.38. The number of amides is 1. The zero-order valence-corrected chi connectivity index (χ0v) is 20.1. The molecule has 0 spiro atoms. The van der Waals surface area contributed by atoms with Gasteiger partial charge in [-0.05, 0) is 25.5 Å². The van der Waals surface area contributed by atoms with Crippen LogP contribution in [0.3, 0.4) is 0 Å². The number of nitrogens with one attached hydrogen (secondary N) is 1. The minimum absolute atomic E-state index is 0.137. The number of halogens is 1. The zero-order valence-electron chi connectivity index (χ0n) is 18.6. The van der Waals surface area contributed by atoms with Crippen molar-refractivity contribution in [2.45, 2.75) is 25.6 Å². The largest absolute Gasteiger partial charge is 0.495 e. The van der Waals surface area contributed by atoms with Gasteiger partial charge in [0.1, 0.15) is 23.9 Å². The Bertz CT molecular complexity index is 1120. The number of carbonyl (C=O) groups is 1. The van der Waals surface area contributed by atoms with Gasteiger partial charge in [0.15, 0.2) is 11.0 Å². The lowest BCUT2D eigenvalue weighted by Gasteiger charge is -2.13. The molecule has 0 saturated heterocycles. The predicted molar refractivity (Wildman–Crippen MR) is 125 cm³/mol. The molecular formula is C22H25ClN4O4S. The van der Waals surface area contributed by atoms with Crippen molar-refractivity contribution in [1.82, 2.24) is 14.8 Å². The van der Waals surface area contributed by atoms with Crippen molar-refractivity contribution in [2.24, 2.45) is 7.05 Å². The minimum Gasteiger partial charge on any atom is -0.495 e. The normalized spacial score (nSPS) is 10.7. The molecule has 1 N–H and O–H groups in total. The van der Waals surface area contributed by atoms with E-state index in [0.717, 1.165) is 11.3 Å². The van der Waals surface area contributed by atoms with Crippen LogP contribution < -0.4 is 19.5 Å². The average molecular weight is 477 g/mol. The number of aryl methyl sites for hydroxylation is 2. The van der Waals surface area contributed by atoms with Crippen LogP contribution in [0.2, 0.25) is 5.02 Å². The molecule has 3 rings (SSSR count). The monoisotopic (exact) mass is 476 g/mol. The lowest BCUT2D eigenvalue weighted by molar-refractivity contribution is -0.113. The molecule has 3 aromatic rings. The van der Waals surface area contributed by atoms with Gasteiger partial charge in [-0.15, -0.1) is 10.2 Å². The number of carbonyl (C=O) groups excluding carboxylic acids is 1. The summed E-state index contributed by atoms with van der Waals surface area (Å²) in [5, 5.41) is 12.2. The van der Waals surface area contributed by atoms with E-state index in [1.165, 1.54) is 31.5 Å². The number of aromatic nitrogens is 3. The third-order valence-electron chi connectivity index (χ3n) is 4.69. The van der Waals surface area contributed by atoms with E-state index >= 15 is 0 Å². The van der Waals surface area contributed by atoms with Crippen LogP contribution in [-0.2, 0) is 18.4 Å². The number of methoxy groups -OCH3 is 2. The van der Waals surface area contributed by atoms with Gasteiger partial charge in [-0.25, -0.2) is 0 Å². The number of nitrogens with zero attached hydrogens (tertiary/aromatic N) is 3. The second kappa shape index (κ2) is 10.6. The highest BCUT2D eigenvalue weighted by atomic mass is 35.5. The molecule has 0 unspecified atom stereocenters. The molecule has 1 aromatic heterocycles. The number of ether oxygens (including phenoxy) is 3. The second-order valence-corrected chi connectivity index (χ2v) is 8.39. The molecule has 0 radical (unpaired) electrons. The molecule has 32 heavy (non-hydrogen) atoms. The molecule has 8 nitrogen and oxygen atoms in total. The van der Waals surface area contributed by atoms with E-state index in [9.17, 15) is 4.79 Å². The average Bonchev–Trinajstić information content (AvgIpc) is 3.12. The zero-order chi connectivity index (χ0) is 23.3. The number of anilines is 1. The molecule has 1 heterocycles. The summed E-state index contributed by atoms with van der Waals surface area (Å²) in [5.74, 6) is 2.26. The molecule has 170 valence electrons. The van der Waals surface area contributed by atoms with E-state index < -0.39 is 0 Å². The molecule has 0 atom stereocenters. The van der Waals surface area contributed by atoms with Crippen molar-refractivity contribution in [3.05, 3.63) is 52.3 Å². The van der Waals surface area contributed by atoms with Gasteiger partial charge in [0.05, 0.1) is 30.7 Å². The maximum absolute atomic E-state index is 12.5. The predicted octanol–water partition coefficient (Wildman–Crippen LogP) is 4.41. The smallest absolute Gasteiger partial charge is 0.234 e. The van der Waals surface area contributed by atoms with Crippen LogP contribution in [0.5, 0.6) is 17.2 Å². The molecule has 1 amide bonds. The number of benzene rings is 2. The molecule has 2 aromatic carbocycles. The Balaban J connectivity index is 1.59. The first-order valence-electron chi connectivity index (χ1n) is 9.74. The Kier molecular flexibility index (Phi) is 7.87. The Morgan fingerprint density at radius 1 is 1.09 bits per heavy atom. The van der Waals surface area contributed by atoms with Crippen LogP contribution in [0.15, 0.2) is 35.5 Å². The molecule has 0 aliphatic heterocycles. The topological polar surface area (TPSA) is 87.5 Å². The number of hydrogen-bond acceptors (Lipinski definition) is 7. The van der Waals surface area contributed by atoms with Crippen LogP contribution in [0.1, 0.15) is 17.0 Å². The first-order valence-corrected chi connectivity index (χ1v) is 11.1. The summed E-state index contributed by atoms with van der Waals surface area (Å²) in [6.07, 6.45) is 0. The maximum Gasteiger partial charge on any atom is 0.234 e. The van der Waals surface area contributed by atoms with Gasteiger partial charge in [-0.2, -0.15) is 0 Å². The van der Waals surface area contributed by atoms with Crippen molar-refractivity contribution >= 4 is 35.0 Å². The fourth-order valence-corrected chi connectivity index (χ4v) is 3.94. The number of hydrogen-bond donors (Lipinski definition) is 1. The van der Waals surface area contributed by atoms with Gasteiger partial charge < -0.3 is 24.1 Å². The molecule has 0 aliphatic carbocycles. The van der Waals surface area contributed by atoms with E-state index in [2.05, 4.69) is 21.6 Å². The van der Waals surface area contributed by atoms with Gasteiger partial charge in [0.2, 0.25) is 5.91 Å². The van der Waals surface area contributed by atoms with Crippen molar-refractivity contribution in [2.75, 3.05) is 25.3 Å². The molecular weight excluding hydrogens is 452 g/mol. The summed E-state index contributed by atoms with van der Waals surface area (Å²) in [7, 11) is 4.85. The van der Waals surface area contributed by atoms with E-state index in [4.69, 9.17) is 25.8 Å². The van der Waals surface area contributed by atoms with E-state index in [1.54, 1.807) is 12.1 Å². The SMILES string of the molecule is COc1cc(NC(=O)CSc2nnc(COc3ccc(C)cc3C)n2C)c(OC)cc1Cl. The van der Waals surface area contributed by atoms with Crippen LogP contribution in [0.25, 0.3) is 0 Å². The first kappa shape index (κ1) is 23.7. The van der Waals surface area contributed by atoms with E-state index in [-0.39, 0.29) is 18.3 Å². The van der Waals surface area contributed by atoms with Crippen LogP contribution in [0.4, 0.5) is 5.69 Å². The summed E-state index contributed by atoms with van der Waals surface area (Å²) in [5.41, 5.74) is 2.72. The van der Waals surface area contributed by atoms with Crippen LogP contribution in [-0.4, -0.2) is 40.6 Å². The van der Waals surface area contributed by atoms with Crippen LogP contribution >= 0.6 is 23.4 Å². The number of rotatable bonds is 9. The van der Waals surface area contributed by atoms with Gasteiger partial charge in [-0.1, -0.05) is 41.1 Å². The third-order valence-corrected chi connectivity index (χ3v) is 6.01. The highest BCUT2D eigenvalue weighted by Crippen LogP contribution is 2.36. The third kappa shape index (κ3) is 5.66. The fourth-order valence-electron chi connectivity index (χ4n) is 2.97. The van der Waals surface area contributed by atoms with Crippen molar-refractivity contribution in [3.8, 4) is 17.2 Å². The molecule has 0 aliphatic rings. The van der Waals surface area contributed by atoms with Crippen molar-refractivity contribution < 1.29 is 19.0 Å². The summed E-state index contributed by atoms with van der Waals surface area (Å²) in [6, 6.07) is 9.23.